The zero-order valence-electron chi connectivity index (χ0n) is 26.4. The molecular weight excluding hydrogens is 598 g/mol. The van der Waals surface area contributed by atoms with Gasteiger partial charge in [-0.25, -0.2) is 9.59 Å². The van der Waals surface area contributed by atoms with Crippen LogP contribution in [0.1, 0.15) is 61.3 Å². The monoisotopic (exact) mass is 639 g/mol. The van der Waals surface area contributed by atoms with Gasteiger partial charge in [-0.15, -0.1) is 0 Å². The number of ether oxygens (including phenoxy) is 2. The lowest BCUT2D eigenvalue weighted by molar-refractivity contribution is -0.152. The SMILES string of the molecule is C[C@H](CO)NC(=O)C[C@H]1CC=CCC[C@H](NC(=O)OCC2c3ccccc3-c3ccccc32)C(=O)O[C@H](c2ccccc2)CNC1=O. The van der Waals surface area contributed by atoms with Crippen molar-refractivity contribution in [2.24, 2.45) is 5.92 Å². The molecule has 10 nitrogen and oxygen atoms in total. The van der Waals surface area contributed by atoms with Crippen molar-refractivity contribution < 1.29 is 33.8 Å². The number of benzene rings is 3. The van der Waals surface area contributed by atoms with Crippen molar-refractivity contribution in [1.82, 2.24) is 16.0 Å². The average molecular weight is 640 g/mol. The summed E-state index contributed by atoms with van der Waals surface area (Å²) in [7, 11) is 0. The summed E-state index contributed by atoms with van der Waals surface area (Å²) < 4.78 is 11.6. The fourth-order valence-corrected chi connectivity index (χ4v) is 6.01. The van der Waals surface area contributed by atoms with Crippen LogP contribution in [0.25, 0.3) is 11.1 Å². The van der Waals surface area contributed by atoms with E-state index in [1.807, 2.05) is 48.5 Å². The summed E-state index contributed by atoms with van der Waals surface area (Å²) in [4.78, 5) is 52.4. The van der Waals surface area contributed by atoms with E-state index in [2.05, 4.69) is 28.1 Å². The van der Waals surface area contributed by atoms with Crippen molar-refractivity contribution in [3.63, 3.8) is 0 Å². The van der Waals surface area contributed by atoms with Crippen molar-refractivity contribution in [3.05, 3.63) is 108 Å². The van der Waals surface area contributed by atoms with Gasteiger partial charge in [0.05, 0.1) is 19.1 Å². The predicted molar refractivity (Wildman–Crippen MR) is 176 cm³/mol. The van der Waals surface area contributed by atoms with E-state index in [1.54, 1.807) is 37.3 Å². The Hall–Kier alpha value is -4.96. The minimum Gasteiger partial charge on any atom is -0.454 e. The first-order valence-electron chi connectivity index (χ1n) is 16.0. The van der Waals surface area contributed by atoms with Crippen LogP contribution in [0.15, 0.2) is 91.0 Å². The Morgan fingerprint density at radius 1 is 0.957 bits per heavy atom. The van der Waals surface area contributed by atoms with Crippen molar-refractivity contribution in [3.8, 4) is 11.1 Å². The van der Waals surface area contributed by atoms with Gasteiger partial charge < -0.3 is 30.5 Å². The van der Waals surface area contributed by atoms with Gasteiger partial charge >= 0.3 is 12.1 Å². The number of carbonyl (C=O) groups is 4. The van der Waals surface area contributed by atoms with Crippen molar-refractivity contribution in [1.29, 1.82) is 0 Å². The first-order valence-corrected chi connectivity index (χ1v) is 16.0. The summed E-state index contributed by atoms with van der Waals surface area (Å²) in [6, 6.07) is 23.7. The Kier molecular flexibility index (Phi) is 11.4. The van der Waals surface area contributed by atoms with Gasteiger partial charge in [0.1, 0.15) is 18.8 Å². The van der Waals surface area contributed by atoms with Gasteiger partial charge in [0.25, 0.3) is 0 Å². The topological polar surface area (TPSA) is 143 Å². The fraction of sp³-hybridized carbons (Fsp3) is 0.351. The van der Waals surface area contributed by atoms with E-state index in [-0.39, 0.29) is 50.3 Å². The molecule has 4 atom stereocenters. The van der Waals surface area contributed by atoms with Gasteiger partial charge in [-0.05, 0) is 54.0 Å². The molecular formula is C37H41N3O7. The van der Waals surface area contributed by atoms with Crippen LogP contribution in [-0.2, 0) is 23.9 Å². The molecule has 0 saturated heterocycles. The van der Waals surface area contributed by atoms with Crippen LogP contribution in [0.4, 0.5) is 4.79 Å². The van der Waals surface area contributed by atoms with Crippen LogP contribution in [0.5, 0.6) is 0 Å². The third-order valence-corrected chi connectivity index (χ3v) is 8.50. The van der Waals surface area contributed by atoms with E-state index < -0.39 is 36.2 Å². The molecule has 0 radical (unpaired) electrons. The third-order valence-electron chi connectivity index (χ3n) is 8.50. The Labute approximate surface area is 274 Å². The van der Waals surface area contributed by atoms with Gasteiger partial charge in [0, 0.05) is 18.4 Å². The highest BCUT2D eigenvalue weighted by Gasteiger charge is 2.31. The summed E-state index contributed by atoms with van der Waals surface area (Å²) >= 11 is 0. The molecule has 47 heavy (non-hydrogen) atoms. The van der Waals surface area contributed by atoms with Crippen LogP contribution in [0, 0.1) is 5.92 Å². The number of carbonyl (C=O) groups excluding carboxylic acids is 4. The Balaban J connectivity index is 1.28. The van der Waals surface area contributed by atoms with Gasteiger partial charge in [0.2, 0.25) is 11.8 Å². The van der Waals surface area contributed by atoms with Crippen molar-refractivity contribution in [2.45, 2.75) is 56.7 Å². The minimum atomic E-state index is -1.00. The largest absolute Gasteiger partial charge is 0.454 e. The van der Waals surface area contributed by atoms with E-state index >= 15 is 0 Å². The van der Waals surface area contributed by atoms with Crippen LogP contribution in [0.2, 0.25) is 0 Å². The highest BCUT2D eigenvalue weighted by Crippen LogP contribution is 2.44. The molecule has 0 bridgehead atoms. The Morgan fingerprint density at radius 2 is 1.62 bits per heavy atom. The van der Waals surface area contributed by atoms with Crippen LogP contribution >= 0.6 is 0 Å². The average Bonchev–Trinajstić information content (AvgIpc) is 3.41. The lowest BCUT2D eigenvalue weighted by Crippen LogP contribution is -2.44. The van der Waals surface area contributed by atoms with Crippen LogP contribution < -0.4 is 16.0 Å². The molecule has 4 N–H and O–H groups in total. The number of nitrogens with one attached hydrogen (secondary N) is 3. The summed E-state index contributed by atoms with van der Waals surface area (Å²) in [6.07, 6.45) is 2.93. The minimum absolute atomic E-state index is 0.0267. The quantitative estimate of drug-likeness (QED) is 0.209. The van der Waals surface area contributed by atoms with E-state index in [4.69, 9.17) is 9.47 Å². The number of amides is 3. The molecule has 0 fully saturated rings. The second-order valence-corrected chi connectivity index (χ2v) is 11.9. The molecule has 5 rings (SSSR count). The van der Waals surface area contributed by atoms with Crippen molar-refractivity contribution in [2.75, 3.05) is 19.8 Å². The Bertz CT molecular complexity index is 1550. The molecule has 10 heteroatoms. The van der Waals surface area contributed by atoms with E-state index in [9.17, 15) is 24.3 Å². The normalized spacial score (nSPS) is 20.6. The molecule has 1 aliphatic carbocycles. The fourth-order valence-electron chi connectivity index (χ4n) is 6.01. The van der Waals surface area contributed by atoms with Crippen LogP contribution in [0.3, 0.4) is 0 Å². The maximum Gasteiger partial charge on any atom is 0.407 e. The molecule has 3 amide bonds. The number of aliphatic hydroxyl groups excluding tert-OH is 1. The molecule has 0 unspecified atom stereocenters. The summed E-state index contributed by atoms with van der Waals surface area (Å²) in [6.45, 7) is 1.54. The molecule has 3 aromatic carbocycles. The maximum atomic E-state index is 13.5. The Morgan fingerprint density at radius 3 is 2.30 bits per heavy atom. The number of cyclic esters (lactones) is 1. The number of hydrogen-bond acceptors (Lipinski definition) is 7. The highest BCUT2D eigenvalue weighted by molar-refractivity contribution is 5.86. The number of aliphatic hydroxyl groups is 1. The molecule has 1 heterocycles. The lowest BCUT2D eigenvalue weighted by atomic mass is 9.98. The van der Waals surface area contributed by atoms with Gasteiger partial charge in [-0.1, -0.05) is 91.0 Å². The number of hydrogen-bond donors (Lipinski definition) is 4. The second kappa shape index (κ2) is 16.0. The van der Waals surface area contributed by atoms with Crippen molar-refractivity contribution >= 4 is 23.9 Å². The van der Waals surface area contributed by atoms with E-state index in [1.165, 1.54) is 0 Å². The number of fused-ring (bicyclic) bond motifs is 3. The molecule has 3 aromatic rings. The second-order valence-electron chi connectivity index (χ2n) is 11.9. The zero-order valence-corrected chi connectivity index (χ0v) is 26.4. The van der Waals surface area contributed by atoms with Gasteiger partial charge in [0.15, 0.2) is 0 Å². The molecule has 0 saturated carbocycles. The van der Waals surface area contributed by atoms with Gasteiger partial charge in [-0.3, -0.25) is 9.59 Å². The standard InChI is InChI=1S/C37H41N3O7/c1-24(22-41)39-34(42)20-26-14-6-3-7-19-32(36(44)47-33(21-38-35(26)43)25-12-4-2-5-13-25)40-37(45)46-23-31-29-17-10-8-15-27(29)28-16-9-11-18-30(28)31/h2-6,8-13,15-18,24,26,31-33,41H,7,14,19-23H2,1H3,(H,38,43)(H,39,42)(H,40,45)/t24-,26-,32+,33+/m1/s1. The molecule has 1 aliphatic heterocycles. The maximum absolute atomic E-state index is 13.5. The zero-order chi connectivity index (χ0) is 33.2. The summed E-state index contributed by atoms with van der Waals surface area (Å²) in [5.74, 6) is -2.15. The first-order chi connectivity index (χ1) is 22.8. The molecule has 0 spiro atoms. The highest BCUT2D eigenvalue weighted by atomic mass is 16.6. The summed E-state index contributed by atoms with van der Waals surface area (Å²) in [5.41, 5.74) is 5.06. The lowest BCUT2D eigenvalue weighted by Gasteiger charge is -2.24. The van der Waals surface area contributed by atoms with E-state index in [0.717, 1.165) is 22.3 Å². The predicted octanol–water partition coefficient (Wildman–Crippen LogP) is 4.54. The third kappa shape index (κ3) is 8.65. The summed E-state index contributed by atoms with van der Waals surface area (Å²) in [5, 5.41) is 17.5. The molecule has 2 aliphatic rings. The number of rotatable bonds is 8. The van der Waals surface area contributed by atoms with Gasteiger partial charge in [-0.2, -0.15) is 0 Å². The molecule has 0 aromatic heterocycles. The van der Waals surface area contributed by atoms with E-state index in [0.29, 0.717) is 18.4 Å². The van der Waals surface area contributed by atoms with Crippen LogP contribution in [-0.4, -0.2) is 60.8 Å². The number of allylic oxidation sites excluding steroid dienone is 2. The number of alkyl carbamates (subject to hydrolysis) is 1. The molecule has 246 valence electrons. The first kappa shape index (κ1) is 33.4. The number of esters is 1. The smallest absolute Gasteiger partial charge is 0.407 e.